The third kappa shape index (κ3) is 8.39. The lowest BCUT2D eigenvalue weighted by atomic mass is 10.2. The SMILES string of the molecule is CC(C)N(CCCN(C)C)CCC(=N)N. The van der Waals surface area contributed by atoms with E-state index in [-0.39, 0.29) is 5.84 Å². The second-order valence-corrected chi connectivity index (χ2v) is 4.56. The molecular weight excluding hydrogens is 188 g/mol. The van der Waals surface area contributed by atoms with Crippen LogP contribution in [-0.4, -0.2) is 55.4 Å². The zero-order chi connectivity index (χ0) is 11.8. The van der Waals surface area contributed by atoms with Crippen LogP contribution in [0.1, 0.15) is 26.7 Å². The van der Waals surface area contributed by atoms with E-state index in [9.17, 15) is 0 Å². The number of amidine groups is 1. The molecule has 0 spiro atoms. The number of hydrogen-bond acceptors (Lipinski definition) is 3. The molecule has 0 atom stereocenters. The van der Waals surface area contributed by atoms with Gasteiger partial charge in [-0.1, -0.05) is 0 Å². The monoisotopic (exact) mass is 214 g/mol. The first-order valence-corrected chi connectivity index (χ1v) is 5.65. The van der Waals surface area contributed by atoms with Gasteiger partial charge in [0.2, 0.25) is 0 Å². The van der Waals surface area contributed by atoms with Crippen LogP contribution in [-0.2, 0) is 0 Å². The summed E-state index contributed by atoms with van der Waals surface area (Å²) in [5.74, 6) is 0.285. The lowest BCUT2D eigenvalue weighted by Gasteiger charge is -2.26. The molecule has 15 heavy (non-hydrogen) atoms. The quantitative estimate of drug-likeness (QED) is 0.468. The third-order valence-corrected chi connectivity index (χ3v) is 2.45. The maximum Gasteiger partial charge on any atom is 0.0918 e. The largest absolute Gasteiger partial charge is 0.388 e. The second-order valence-electron chi connectivity index (χ2n) is 4.56. The van der Waals surface area contributed by atoms with E-state index in [0.717, 1.165) is 19.6 Å². The molecule has 0 heterocycles. The minimum Gasteiger partial charge on any atom is -0.388 e. The van der Waals surface area contributed by atoms with Gasteiger partial charge in [0, 0.05) is 19.0 Å². The number of nitrogens with two attached hydrogens (primary N) is 1. The van der Waals surface area contributed by atoms with Crippen molar-refractivity contribution < 1.29 is 0 Å². The van der Waals surface area contributed by atoms with E-state index in [0.29, 0.717) is 12.5 Å². The Morgan fingerprint density at radius 3 is 2.20 bits per heavy atom. The van der Waals surface area contributed by atoms with Gasteiger partial charge >= 0.3 is 0 Å². The van der Waals surface area contributed by atoms with Gasteiger partial charge in [-0.2, -0.15) is 0 Å². The summed E-state index contributed by atoms with van der Waals surface area (Å²) in [5.41, 5.74) is 5.37. The molecule has 90 valence electrons. The van der Waals surface area contributed by atoms with Gasteiger partial charge in [-0.3, -0.25) is 5.41 Å². The fourth-order valence-corrected chi connectivity index (χ4v) is 1.48. The molecule has 0 unspecified atom stereocenters. The van der Waals surface area contributed by atoms with Crippen molar-refractivity contribution in [3.05, 3.63) is 0 Å². The summed E-state index contributed by atoms with van der Waals surface area (Å²) in [6, 6.07) is 0.534. The summed E-state index contributed by atoms with van der Waals surface area (Å²) in [5, 5.41) is 7.22. The van der Waals surface area contributed by atoms with Gasteiger partial charge in [0.1, 0.15) is 0 Å². The van der Waals surface area contributed by atoms with Crippen molar-refractivity contribution in [3.63, 3.8) is 0 Å². The van der Waals surface area contributed by atoms with Gasteiger partial charge in [-0.15, -0.1) is 0 Å². The van der Waals surface area contributed by atoms with E-state index in [1.807, 2.05) is 0 Å². The van der Waals surface area contributed by atoms with Crippen molar-refractivity contribution in [1.29, 1.82) is 5.41 Å². The summed E-state index contributed by atoms with van der Waals surface area (Å²) in [4.78, 5) is 4.58. The molecule has 0 bridgehead atoms. The molecule has 3 N–H and O–H groups in total. The van der Waals surface area contributed by atoms with Gasteiger partial charge in [0.25, 0.3) is 0 Å². The first-order chi connectivity index (χ1) is 6.93. The summed E-state index contributed by atoms with van der Waals surface area (Å²) >= 11 is 0. The van der Waals surface area contributed by atoms with Crippen LogP contribution in [0.2, 0.25) is 0 Å². The second kappa shape index (κ2) is 7.65. The third-order valence-electron chi connectivity index (χ3n) is 2.45. The van der Waals surface area contributed by atoms with Crippen molar-refractivity contribution >= 4 is 5.84 Å². The maximum atomic E-state index is 7.22. The standard InChI is InChI=1S/C11H26N4/c1-10(2)15(9-6-11(12)13)8-5-7-14(3)4/h10H,5-9H2,1-4H3,(H3,12,13). The Morgan fingerprint density at radius 2 is 1.80 bits per heavy atom. The van der Waals surface area contributed by atoms with Gasteiger partial charge in [0.05, 0.1) is 5.84 Å². The Labute approximate surface area is 93.9 Å². The predicted molar refractivity (Wildman–Crippen MR) is 66.4 cm³/mol. The minimum absolute atomic E-state index is 0.285. The highest BCUT2D eigenvalue weighted by atomic mass is 15.1. The molecule has 0 fully saturated rings. The molecule has 0 rings (SSSR count). The summed E-state index contributed by atoms with van der Waals surface area (Å²) < 4.78 is 0. The first-order valence-electron chi connectivity index (χ1n) is 5.65. The molecule has 0 aromatic rings. The number of nitrogens with one attached hydrogen (secondary N) is 1. The Bertz CT molecular complexity index is 177. The Hall–Kier alpha value is -0.610. The fraction of sp³-hybridized carbons (Fsp3) is 0.909. The molecule has 4 nitrogen and oxygen atoms in total. The van der Waals surface area contributed by atoms with Crippen LogP contribution in [0, 0.1) is 5.41 Å². The van der Waals surface area contributed by atoms with E-state index in [2.05, 4.69) is 37.7 Å². The summed E-state index contributed by atoms with van der Waals surface area (Å²) in [6.45, 7) is 7.48. The van der Waals surface area contributed by atoms with Crippen LogP contribution < -0.4 is 5.73 Å². The highest BCUT2D eigenvalue weighted by Crippen LogP contribution is 2.01. The van der Waals surface area contributed by atoms with E-state index in [1.54, 1.807) is 0 Å². The van der Waals surface area contributed by atoms with Crippen molar-refractivity contribution in [2.24, 2.45) is 5.73 Å². The predicted octanol–water partition coefficient (Wildman–Crippen LogP) is 0.975. The number of rotatable bonds is 8. The van der Waals surface area contributed by atoms with Crippen molar-refractivity contribution in [2.45, 2.75) is 32.7 Å². The fourth-order valence-electron chi connectivity index (χ4n) is 1.48. The molecule has 0 saturated carbocycles. The average molecular weight is 214 g/mol. The molecular formula is C11H26N4. The summed E-state index contributed by atoms with van der Waals surface area (Å²) in [7, 11) is 4.19. The minimum atomic E-state index is 0.285. The normalized spacial score (nSPS) is 11.7. The average Bonchev–Trinajstić information content (AvgIpc) is 2.09. The number of hydrogen-bond donors (Lipinski definition) is 2. The maximum absolute atomic E-state index is 7.22. The molecule has 0 aliphatic carbocycles. The van der Waals surface area contributed by atoms with Gasteiger partial charge in [-0.05, 0) is 47.5 Å². The smallest absolute Gasteiger partial charge is 0.0918 e. The lowest BCUT2D eigenvalue weighted by molar-refractivity contribution is 0.215. The number of nitrogens with zero attached hydrogens (tertiary/aromatic N) is 2. The van der Waals surface area contributed by atoms with E-state index in [4.69, 9.17) is 11.1 Å². The van der Waals surface area contributed by atoms with Crippen LogP contribution in [0.3, 0.4) is 0 Å². The highest BCUT2D eigenvalue weighted by Gasteiger charge is 2.09. The van der Waals surface area contributed by atoms with Gasteiger partial charge in [-0.25, -0.2) is 0 Å². The lowest BCUT2D eigenvalue weighted by Crippen LogP contribution is -2.35. The first kappa shape index (κ1) is 14.4. The Kier molecular flexibility index (Phi) is 7.34. The van der Waals surface area contributed by atoms with E-state index < -0.39 is 0 Å². The van der Waals surface area contributed by atoms with Crippen LogP contribution in [0.4, 0.5) is 0 Å². The summed E-state index contributed by atoms with van der Waals surface area (Å²) in [6.07, 6.45) is 1.85. The molecule has 0 aliphatic rings. The van der Waals surface area contributed by atoms with Crippen LogP contribution in [0.25, 0.3) is 0 Å². The van der Waals surface area contributed by atoms with Crippen LogP contribution >= 0.6 is 0 Å². The molecule has 0 aromatic heterocycles. The highest BCUT2D eigenvalue weighted by molar-refractivity contribution is 5.76. The van der Waals surface area contributed by atoms with Crippen molar-refractivity contribution in [1.82, 2.24) is 9.80 Å². The Morgan fingerprint density at radius 1 is 1.20 bits per heavy atom. The molecule has 0 amide bonds. The zero-order valence-corrected chi connectivity index (χ0v) is 10.6. The molecule has 0 aliphatic heterocycles. The van der Waals surface area contributed by atoms with Crippen LogP contribution in [0.5, 0.6) is 0 Å². The van der Waals surface area contributed by atoms with E-state index in [1.165, 1.54) is 6.42 Å². The van der Waals surface area contributed by atoms with Crippen molar-refractivity contribution in [2.75, 3.05) is 33.7 Å². The molecule has 4 heteroatoms. The van der Waals surface area contributed by atoms with Crippen LogP contribution in [0.15, 0.2) is 0 Å². The topological polar surface area (TPSA) is 56.4 Å². The molecule has 0 aromatic carbocycles. The Balaban J connectivity index is 3.78. The van der Waals surface area contributed by atoms with Gasteiger partial charge < -0.3 is 15.5 Å². The van der Waals surface area contributed by atoms with Gasteiger partial charge in [0.15, 0.2) is 0 Å². The molecule has 0 radical (unpaired) electrons. The zero-order valence-electron chi connectivity index (χ0n) is 10.6. The van der Waals surface area contributed by atoms with E-state index >= 15 is 0 Å². The molecule has 0 saturated heterocycles. The van der Waals surface area contributed by atoms with Crippen molar-refractivity contribution in [3.8, 4) is 0 Å².